The average Bonchev–Trinajstić information content (AvgIpc) is 2.39. The molecule has 1 saturated heterocycles. The number of urea groups is 1. The Bertz CT molecular complexity index is 415. The fourth-order valence-corrected chi connectivity index (χ4v) is 2.15. The van der Waals surface area contributed by atoms with Crippen LogP contribution >= 0.6 is 0 Å². The van der Waals surface area contributed by atoms with Gasteiger partial charge in [0.05, 0.1) is 0 Å². The van der Waals surface area contributed by atoms with Gasteiger partial charge in [0, 0.05) is 20.0 Å². The topological polar surface area (TPSA) is 95.6 Å². The first-order chi connectivity index (χ1) is 8.92. The number of nitrogens with zero attached hydrogens (tertiary/aromatic N) is 1. The summed E-state index contributed by atoms with van der Waals surface area (Å²) < 4.78 is 0. The van der Waals surface area contributed by atoms with Crippen molar-refractivity contribution in [1.82, 2.24) is 15.5 Å². The number of hydrogen-bond donors (Lipinski definition) is 2. The van der Waals surface area contributed by atoms with Crippen molar-refractivity contribution in [2.45, 2.75) is 33.1 Å². The Hall–Kier alpha value is -1.92. The molecule has 0 saturated carbocycles. The summed E-state index contributed by atoms with van der Waals surface area (Å²) in [4.78, 5) is 48.0. The Kier molecular flexibility index (Phi) is 4.63. The average molecular weight is 269 g/mol. The van der Waals surface area contributed by atoms with Crippen molar-refractivity contribution in [2.75, 3.05) is 13.6 Å². The first kappa shape index (κ1) is 15.1. The molecule has 0 aliphatic carbocycles. The Morgan fingerprint density at radius 1 is 1.26 bits per heavy atom. The molecule has 1 aliphatic rings. The second-order valence-electron chi connectivity index (χ2n) is 4.43. The molecule has 1 rings (SSSR count). The highest BCUT2D eigenvalue weighted by Crippen LogP contribution is 2.32. The van der Waals surface area contributed by atoms with E-state index >= 15 is 0 Å². The van der Waals surface area contributed by atoms with Crippen LogP contribution in [0.2, 0.25) is 0 Å². The molecule has 0 atom stereocenters. The monoisotopic (exact) mass is 269 g/mol. The van der Waals surface area contributed by atoms with Gasteiger partial charge in [-0.3, -0.25) is 24.6 Å². The van der Waals surface area contributed by atoms with Gasteiger partial charge in [0.15, 0.2) is 0 Å². The van der Waals surface area contributed by atoms with E-state index in [4.69, 9.17) is 0 Å². The summed E-state index contributed by atoms with van der Waals surface area (Å²) >= 11 is 0. The summed E-state index contributed by atoms with van der Waals surface area (Å²) in [5.74, 6) is -1.34. The first-order valence-corrected chi connectivity index (χ1v) is 6.30. The molecule has 0 unspecified atom stereocenters. The molecule has 0 spiro atoms. The Labute approximate surface area is 111 Å². The van der Waals surface area contributed by atoms with Crippen LogP contribution in [0.3, 0.4) is 0 Å². The van der Waals surface area contributed by atoms with Gasteiger partial charge >= 0.3 is 6.03 Å². The third-order valence-corrected chi connectivity index (χ3v) is 3.60. The van der Waals surface area contributed by atoms with Crippen LogP contribution < -0.4 is 10.6 Å². The van der Waals surface area contributed by atoms with E-state index in [0.717, 1.165) is 4.90 Å². The predicted molar refractivity (Wildman–Crippen MR) is 67.0 cm³/mol. The largest absolute Gasteiger partial charge is 0.359 e. The van der Waals surface area contributed by atoms with E-state index in [9.17, 15) is 19.2 Å². The van der Waals surface area contributed by atoms with Crippen molar-refractivity contribution in [3.63, 3.8) is 0 Å². The fraction of sp³-hybridized carbons (Fsp3) is 0.667. The van der Waals surface area contributed by atoms with Crippen molar-refractivity contribution >= 4 is 23.8 Å². The van der Waals surface area contributed by atoms with Crippen LogP contribution in [-0.2, 0) is 14.4 Å². The number of imide groups is 2. The van der Waals surface area contributed by atoms with Crippen LogP contribution in [0.25, 0.3) is 0 Å². The predicted octanol–water partition coefficient (Wildman–Crippen LogP) is 0.00730. The molecule has 0 aromatic rings. The summed E-state index contributed by atoms with van der Waals surface area (Å²) in [7, 11) is 1.48. The second-order valence-corrected chi connectivity index (χ2v) is 4.43. The molecule has 0 aromatic carbocycles. The van der Waals surface area contributed by atoms with Gasteiger partial charge in [-0.05, 0) is 12.8 Å². The number of amides is 5. The molecule has 19 heavy (non-hydrogen) atoms. The molecule has 0 aromatic heterocycles. The number of barbiturate groups is 1. The highest BCUT2D eigenvalue weighted by Gasteiger charge is 2.51. The zero-order chi connectivity index (χ0) is 14.6. The maximum atomic E-state index is 12.3. The van der Waals surface area contributed by atoms with Gasteiger partial charge < -0.3 is 5.32 Å². The first-order valence-electron chi connectivity index (χ1n) is 6.30. The SMILES string of the molecule is CCC1(CC)C(=O)NC(=O)N(CCC(=O)NC)C1=O. The van der Waals surface area contributed by atoms with E-state index in [0.29, 0.717) is 12.8 Å². The molecule has 7 nitrogen and oxygen atoms in total. The molecule has 5 amide bonds. The third kappa shape index (κ3) is 2.59. The minimum Gasteiger partial charge on any atom is -0.359 e. The molecule has 1 aliphatic heterocycles. The highest BCUT2D eigenvalue weighted by molar-refractivity contribution is 6.19. The molecule has 2 N–H and O–H groups in total. The number of rotatable bonds is 5. The molecular weight excluding hydrogens is 250 g/mol. The van der Waals surface area contributed by atoms with E-state index in [1.54, 1.807) is 13.8 Å². The van der Waals surface area contributed by atoms with Gasteiger partial charge in [-0.15, -0.1) is 0 Å². The van der Waals surface area contributed by atoms with Crippen LogP contribution in [-0.4, -0.2) is 42.2 Å². The van der Waals surface area contributed by atoms with E-state index in [-0.39, 0.29) is 18.9 Å². The lowest BCUT2D eigenvalue weighted by atomic mass is 9.78. The summed E-state index contributed by atoms with van der Waals surface area (Å²) in [6.45, 7) is 3.43. The molecule has 106 valence electrons. The lowest BCUT2D eigenvalue weighted by molar-refractivity contribution is -0.152. The zero-order valence-corrected chi connectivity index (χ0v) is 11.4. The lowest BCUT2D eigenvalue weighted by Crippen LogP contribution is -2.63. The number of nitrogens with one attached hydrogen (secondary N) is 2. The van der Waals surface area contributed by atoms with Crippen molar-refractivity contribution in [1.29, 1.82) is 0 Å². The van der Waals surface area contributed by atoms with Crippen LogP contribution in [0.5, 0.6) is 0 Å². The van der Waals surface area contributed by atoms with Crippen molar-refractivity contribution in [3.8, 4) is 0 Å². The number of carbonyl (C=O) groups excluding carboxylic acids is 4. The minimum absolute atomic E-state index is 0.0212. The van der Waals surface area contributed by atoms with Gasteiger partial charge in [0.1, 0.15) is 5.41 Å². The van der Waals surface area contributed by atoms with E-state index in [2.05, 4.69) is 10.6 Å². The van der Waals surface area contributed by atoms with Gasteiger partial charge in [0.2, 0.25) is 17.7 Å². The van der Waals surface area contributed by atoms with E-state index in [1.165, 1.54) is 7.05 Å². The normalized spacial score (nSPS) is 18.3. The van der Waals surface area contributed by atoms with Crippen LogP contribution in [0.1, 0.15) is 33.1 Å². The minimum atomic E-state index is -1.20. The molecule has 7 heteroatoms. The van der Waals surface area contributed by atoms with Crippen molar-refractivity contribution in [3.05, 3.63) is 0 Å². The van der Waals surface area contributed by atoms with Gasteiger partial charge in [0.25, 0.3) is 0 Å². The smallest absolute Gasteiger partial charge is 0.330 e. The summed E-state index contributed by atoms with van der Waals surface area (Å²) in [6, 6.07) is -0.753. The summed E-state index contributed by atoms with van der Waals surface area (Å²) in [6.07, 6.45) is 0.656. The maximum Gasteiger partial charge on any atom is 0.330 e. The summed E-state index contributed by atoms with van der Waals surface area (Å²) in [5, 5.41) is 4.61. The molecule has 1 heterocycles. The quantitative estimate of drug-likeness (QED) is 0.687. The highest BCUT2D eigenvalue weighted by atomic mass is 16.2. The van der Waals surface area contributed by atoms with Crippen LogP contribution in [0.4, 0.5) is 4.79 Å². The van der Waals surface area contributed by atoms with Gasteiger partial charge in [-0.1, -0.05) is 13.8 Å². The van der Waals surface area contributed by atoms with Gasteiger partial charge in [-0.25, -0.2) is 4.79 Å². The van der Waals surface area contributed by atoms with E-state index in [1.807, 2.05) is 0 Å². The van der Waals surface area contributed by atoms with Crippen LogP contribution in [0.15, 0.2) is 0 Å². The summed E-state index contributed by atoms with van der Waals surface area (Å²) in [5.41, 5.74) is -1.20. The third-order valence-electron chi connectivity index (χ3n) is 3.60. The molecule has 0 radical (unpaired) electrons. The number of hydrogen-bond acceptors (Lipinski definition) is 4. The van der Waals surface area contributed by atoms with E-state index < -0.39 is 23.3 Å². The molecule has 1 fully saturated rings. The molecular formula is C12H19N3O4. The van der Waals surface area contributed by atoms with Crippen molar-refractivity contribution < 1.29 is 19.2 Å². The zero-order valence-electron chi connectivity index (χ0n) is 11.4. The van der Waals surface area contributed by atoms with Gasteiger partial charge in [-0.2, -0.15) is 0 Å². The number of carbonyl (C=O) groups is 4. The Balaban J connectivity index is 2.92. The maximum absolute atomic E-state index is 12.3. The van der Waals surface area contributed by atoms with Crippen LogP contribution in [0, 0.1) is 5.41 Å². The fourth-order valence-electron chi connectivity index (χ4n) is 2.15. The van der Waals surface area contributed by atoms with Crippen molar-refractivity contribution in [2.24, 2.45) is 5.41 Å². The lowest BCUT2D eigenvalue weighted by Gasteiger charge is -2.38. The standard InChI is InChI=1S/C12H19N3O4/c1-4-12(5-2)9(17)14-11(19)15(10(12)18)7-6-8(16)13-3/h4-7H2,1-3H3,(H,13,16)(H,14,17,19). The Morgan fingerprint density at radius 3 is 2.32 bits per heavy atom. The second kappa shape index (κ2) is 5.81. The Morgan fingerprint density at radius 2 is 1.84 bits per heavy atom. The molecule has 0 bridgehead atoms.